The molecule has 0 amide bonds. The van der Waals surface area contributed by atoms with E-state index in [-0.39, 0.29) is 11.9 Å². The van der Waals surface area contributed by atoms with Crippen molar-refractivity contribution in [1.29, 1.82) is 0 Å². The first-order valence-electron chi connectivity index (χ1n) is 5.90. The van der Waals surface area contributed by atoms with Gasteiger partial charge in [0.1, 0.15) is 17.6 Å². The van der Waals surface area contributed by atoms with Crippen molar-refractivity contribution in [3.05, 3.63) is 58.1 Å². The van der Waals surface area contributed by atoms with Crippen LogP contribution in [0.3, 0.4) is 0 Å². The van der Waals surface area contributed by atoms with Gasteiger partial charge in [0.25, 0.3) is 0 Å². The maximum absolute atomic E-state index is 9.33. The Morgan fingerprint density at radius 3 is 2.56 bits per heavy atom. The molecular formula is C15H13BrO2. The van der Waals surface area contributed by atoms with Crippen molar-refractivity contribution < 1.29 is 9.84 Å². The van der Waals surface area contributed by atoms with Crippen LogP contribution in [0, 0.1) is 0 Å². The molecule has 3 rings (SSSR count). The standard InChI is InChI=1S/C15H13BrO2/c1-9-13-8-11(16)4-7-14(13)18-15(9)10-2-5-12(17)6-3-10/h2-9,15,17H,1H3/t9-,15-/m0/s1. The van der Waals surface area contributed by atoms with Gasteiger partial charge in [0.15, 0.2) is 0 Å². The molecule has 0 saturated carbocycles. The second-order valence-corrected chi connectivity index (χ2v) is 5.52. The number of phenols is 1. The van der Waals surface area contributed by atoms with Crippen molar-refractivity contribution in [3.8, 4) is 11.5 Å². The maximum Gasteiger partial charge on any atom is 0.130 e. The smallest absolute Gasteiger partial charge is 0.130 e. The zero-order valence-electron chi connectivity index (χ0n) is 9.93. The van der Waals surface area contributed by atoms with Crippen molar-refractivity contribution in [2.45, 2.75) is 18.9 Å². The van der Waals surface area contributed by atoms with Crippen LogP contribution in [0.15, 0.2) is 46.9 Å². The van der Waals surface area contributed by atoms with Gasteiger partial charge in [-0.2, -0.15) is 0 Å². The minimum atomic E-state index is 0.0231. The summed E-state index contributed by atoms with van der Waals surface area (Å²) in [7, 11) is 0. The summed E-state index contributed by atoms with van der Waals surface area (Å²) in [6.45, 7) is 2.16. The number of hydrogen-bond acceptors (Lipinski definition) is 2. The predicted octanol–water partition coefficient (Wildman–Crippen LogP) is 4.39. The molecule has 2 aromatic carbocycles. The van der Waals surface area contributed by atoms with Gasteiger partial charge in [-0.25, -0.2) is 0 Å². The zero-order valence-corrected chi connectivity index (χ0v) is 11.5. The van der Waals surface area contributed by atoms with E-state index >= 15 is 0 Å². The normalized spacial score (nSPS) is 21.4. The Kier molecular flexibility index (Phi) is 2.78. The van der Waals surface area contributed by atoms with E-state index in [4.69, 9.17) is 4.74 Å². The highest BCUT2D eigenvalue weighted by molar-refractivity contribution is 9.10. The molecule has 2 atom stereocenters. The van der Waals surface area contributed by atoms with Crippen LogP contribution in [0.4, 0.5) is 0 Å². The third-order valence-electron chi connectivity index (χ3n) is 3.39. The molecule has 2 nitrogen and oxygen atoms in total. The van der Waals surface area contributed by atoms with Crippen LogP contribution in [0.1, 0.15) is 30.1 Å². The average Bonchev–Trinajstić information content (AvgIpc) is 2.68. The molecule has 0 radical (unpaired) electrons. The van der Waals surface area contributed by atoms with Crippen molar-refractivity contribution in [2.24, 2.45) is 0 Å². The maximum atomic E-state index is 9.33. The van der Waals surface area contributed by atoms with Crippen molar-refractivity contribution >= 4 is 15.9 Å². The Morgan fingerprint density at radius 2 is 1.83 bits per heavy atom. The largest absolute Gasteiger partial charge is 0.508 e. The van der Waals surface area contributed by atoms with Crippen LogP contribution in [-0.4, -0.2) is 5.11 Å². The Labute approximate surface area is 114 Å². The summed E-state index contributed by atoms with van der Waals surface area (Å²) in [6, 6.07) is 13.3. The molecule has 0 bridgehead atoms. The van der Waals surface area contributed by atoms with Gasteiger partial charge in [0.2, 0.25) is 0 Å². The Morgan fingerprint density at radius 1 is 1.11 bits per heavy atom. The molecule has 3 heteroatoms. The molecular weight excluding hydrogens is 292 g/mol. The molecule has 0 aliphatic carbocycles. The number of fused-ring (bicyclic) bond motifs is 1. The number of benzene rings is 2. The lowest BCUT2D eigenvalue weighted by Gasteiger charge is -2.15. The van der Waals surface area contributed by atoms with Crippen molar-refractivity contribution in [1.82, 2.24) is 0 Å². The molecule has 1 aliphatic heterocycles. The second-order valence-electron chi connectivity index (χ2n) is 4.60. The van der Waals surface area contributed by atoms with Crippen LogP contribution in [-0.2, 0) is 0 Å². The number of halogens is 1. The van der Waals surface area contributed by atoms with Gasteiger partial charge in [-0.15, -0.1) is 0 Å². The van der Waals surface area contributed by atoms with Crippen LogP contribution in [0.2, 0.25) is 0 Å². The predicted molar refractivity (Wildman–Crippen MR) is 74.0 cm³/mol. The van der Waals surface area contributed by atoms with E-state index in [0.717, 1.165) is 15.8 Å². The monoisotopic (exact) mass is 304 g/mol. The Hall–Kier alpha value is -1.48. The summed E-state index contributed by atoms with van der Waals surface area (Å²) < 4.78 is 7.07. The average molecular weight is 305 g/mol. The highest BCUT2D eigenvalue weighted by Crippen LogP contribution is 2.46. The van der Waals surface area contributed by atoms with E-state index in [1.54, 1.807) is 12.1 Å². The van der Waals surface area contributed by atoms with Gasteiger partial charge in [-0.3, -0.25) is 0 Å². The number of phenolic OH excluding ortho intramolecular Hbond substituents is 1. The molecule has 0 unspecified atom stereocenters. The van der Waals surface area contributed by atoms with Gasteiger partial charge in [0.05, 0.1) is 0 Å². The van der Waals surface area contributed by atoms with Crippen LogP contribution in [0.25, 0.3) is 0 Å². The van der Waals surface area contributed by atoms with E-state index in [1.165, 1.54) is 5.56 Å². The van der Waals surface area contributed by atoms with Gasteiger partial charge in [0, 0.05) is 16.0 Å². The molecule has 0 fully saturated rings. The lowest BCUT2D eigenvalue weighted by molar-refractivity contribution is 0.216. The fourth-order valence-corrected chi connectivity index (χ4v) is 2.78. The van der Waals surface area contributed by atoms with E-state index in [9.17, 15) is 5.11 Å². The highest BCUT2D eigenvalue weighted by Gasteiger charge is 2.32. The topological polar surface area (TPSA) is 29.5 Å². The van der Waals surface area contributed by atoms with E-state index in [1.807, 2.05) is 24.3 Å². The van der Waals surface area contributed by atoms with Gasteiger partial charge in [-0.05, 0) is 35.9 Å². The summed E-state index contributed by atoms with van der Waals surface area (Å²) >= 11 is 3.49. The quantitative estimate of drug-likeness (QED) is 0.846. The third-order valence-corrected chi connectivity index (χ3v) is 3.89. The molecule has 0 aromatic heterocycles. The highest BCUT2D eigenvalue weighted by atomic mass is 79.9. The number of aromatic hydroxyl groups is 1. The van der Waals surface area contributed by atoms with Crippen LogP contribution >= 0.6 is 15.9 Å². The van der Waals surface area contributed by atoms with E-state index in [2.05, 4.69) is 28.9 Å². The second kappa shape index (κ2) is 4.32. The molecule has 1 N–H and O–H groups in total. The third kappa shape index (κ3) is 1.89. The summed E-state index contributed by atoms with van der Waals surface area (Å²) in [6.07, 6.45) is 0.0231. The first-order chi connectivity index (χ1) is 8.65. The van der Waals surface area contributed by atoms with Gasteiger partial charge in [-0.1, -0.05) is 35.0 Å². The molecule has 92 valence electrons. The van der Waals surface area contributed by atoms with Crippen molar-refractivity contribution in [3.63, 3.8) is 0 Å². The number of rotatable bonds is 1. The molecule has 1 aliphatic rings. The zero-order chi connectivity index (χ0) is 12.7. The van der Waals surface area contributed by atoms with E-state index < -0.39 is 0 Å². The lowest BCUT2D eigenvalue weighted by atomic mass is 9.93. The fraction of sp³-hybridized carbons (Fsp3) is 0.200. The lowest BCUT2D eigenvalue weighted by Crippen LogP contribution is -2.06. The SMILES string of the molecule is C[C@H]1c2cc(Br)ccc2O[C@@H]1c1ccc(O)cc1. The van der Waals surface area contributed by atoms with Gasteiger partial charge >= 0.3 is 0 Å². The fourth-order valence-electron chi connectivity index (χ4n) is 2.41. The van der Waals surface area contributed by atoms with Crippen LogP contribution in [0.5, 0.6) is 11.5 Å². The molecule has 2 aromatic rings. The Bertz CT molecular complexity index is 578. The Balaban J connectivity index is 1.96. The molecule has 1 heterocycles. The minimum Gasteiger partial charge on any atom is -0.508 e. The van der Waals surface area contributed by atoms with Crippen molar-refractivity contribution in [2.75, 3.05) is 0 Å². The summed E-state index contributed by atoms with van der Waals surface area (Å²) in [5.41, 5.74) is 2.31. The van der Waals surface area contributed by atoms with E-state index in [0.29, 0.717) is 5.92 Å². The number of ether oxygens (including phenoxy) is 1. The van der Waals surface area contributed by atoms with Crippen LogP contribution < -0.4 is 4.74 Å². The molecule has 18 heavy (non-hydrogen) atoms. The number of hydrogen-bond donors (Lipinski definition) is 1. The minimum absolute atomic E-state index is 0.0231. The first kappa shape index (κ1) is 11.6. The van der Waals surface area contributed by atoms with Gasteiger partial charge < -0.3 is 9.84 Å². The molecule has 0 saturated heterocycles. The molecule has 0 spiro atoms. The first-order valence-corrected chi connectivity index (χ1v) is 6.69. The summed E-state index contributed by atoms with van der Waals surface area (Å²) in [4.78, 5) is 0. The summed E-state index contributed by atoms with van der Waals surface area (Å²) in [5, 5.41) is 9.33. The summed E-state index contributed by atoms with van der Waals surface area (Å²) in [5.74, 6) is 1.54.